The molecule has 2 heteroatoms. The molecule has 1 N–H and O–H groups in total. The van der Waals surface area contributed by atoms with E-state index in [1.165, 1.54) is 18.4 Å². The SMILES string of the molecule is CCC(CC)COc1ccccc1C(CC)NC. The van der Waals surface area contributed by atoms with Gasteiger partial charge in [-0.2, -0.15) is 0 Å². The van der Waals surface area contributed by atoms with E-state index in [1.54, 1.807) is 0 Å². The third-order valence-electron chi connectivity index (χ3n) is 3.68. The van der Waals surface area contributed by atoms with Crippen molar-refractivity contribution in [1.82, 2.24) is 5.32 Å². The molecule has 1 unspecified atom stereocenters. The molecule has 0 aliphatic heterocycles. The van der Waals surface area contributed by atoms with Crippen LogP contribution >= 0.6 is 0 Å². The summed E-state index contributed by atoms with van der Waals surface area (Å²) in [5, 5.41) is 3.34. The average Bonchev–Trinajstić information content (AvgIpc) is 2.42. The largest absolute Gasteiger partial charge is 0.493 e. The summed E-state index contributed by atoms with van der Waals surface area (Å²) in [5.41, 5.74) is 1.27. The van der Waals surface area contributed by atoms with Crippen LogP contribution in [-0.2, 0) is 0 Å². The van der Waals surface area contributed by atoms with Crippen LogP contribution in [0, 0.1) is 5.92 Å². The molecule has 0 amide bonds. The fourth-order valence-corrected chi connectivity index (χ4v) is 2.21. The van der Waals surface area contributed by atoms with Gasteiger partial charge in [0.1, 0.15) is 5.75 Å². The van der Waals surface area contributed by atoms with Crippen molar-refractivity contribution >= 4 is 0 Å². The third kappa shape index (κ3) is 4.02. The van der Waals surface area contributed by atoms with Crippen molar-refractivity contribution in [2.45, 2.75) is 46.1 Å². The lowest BCUT2D eigenvalue weighted by Gasteiger charge is -2.20. The maximum absolute atomic E-state index is 6.03. The first-order chi connectivity index (χ1) is 8.76. The maximum Gasteiger partial charge on any atom is 0.124 e. The summed E-state index contributed by atoms with van der Waals surface area (Å²) in [7, 11) is 2.01. The van der Waals surface area contributed by atoms with E-state index in [9.17, 15) is 0 Å². The highest BCUT2D eigenvalue weighted by Gasteiger charge is 2.13. The Morgan fingerprint density at radius 2 is 1.72 bits per heavy atom. The number of hydrogen-bond donors (Lipinski definition) is 1. The Morgan fingerprint density at radius 3 is 2.28 bits per heavy atom. The van der Waals surface area contributed by atoms with Gasteiger partial charge < -0.3 is 10.1 Å². The average molecular weight is 249 g/mol. The van der Waals surface area contributed by atoms with Crippen molar-refractivity contribution in [1.29, 1.82) is 0 Å². The Bertz CT molecular complexity index is 330. The summed E-state index contributed by atoms with van der Waals surface area (Å²) in [6, 6.07) is 8.75. The quantitative estimate of drug-likeness (QED) is 0.746. The molecule has 0 radical (unpaired) electrons. The Hall–Kier alpha value is -1.02. The van der Waals surface area contributed by atoms with E-state index in [1.807, 2.05) is 13.1 Å². The topological polar surface area (TPSA) is 21.3 Å². The molecule has 0 saturated heterocycles. The standard InChI is InChI=1S/C16H27NO/c1-5-13(6-2)12-18-16-11-9-8-10-14(16)15(7-3)17-4/h8-11,13,15,17H,5-7,12H2,1-4H3. The number of benzene rings is 1. The van der Waals surface area contributed by atoms with Crippen molar-refractivity contribution in [3.63, 3.8) is 0 Å². The van der Waals surface area contributed by atoms with E-state index in [0.717, 1.165) is 18.8 Å². The molecule has 1 rings (SSSR count). The summed E-state index contributed by atoms with van der Waals surface area (Å²) in [6.45, 7) is 7.47. The van der Waals surface area contributed by atoms with Crippen molar-refractivity contribution in [3.8, 4) is 5.75 Å². The Labute approximate surface area is 112 Å². The van der Waals surface area contributed by atoms with E-state index in [-0.39, 0.29) is 0 Å². The van der Waals surface area contributed by atoms with Gasteiger partial charge in [-0.15, -0.1) is 0 Å². The van der Waals surface area contributed by atoms with Crippen molar-refractivity contribution in [3.05, 3.63) is 29.8 Å². The van der Waals surface area contributed by atoms with E-state index in [2.05, 4.69) is 44.3 Å². The lowest BCUT2D eigenvalue weighted by Crippen LogP contribution is -2.17. The minimum Gasteiger partial charge on any atom is -0.493 e. The van der Waals surface area contributed by atoms with Gasteiger partial charge in [-0.05, 0) is 25.5 Å². The molecule has 2 nitrogen and oxygen atoms in total. The molecule has 0 aliphatic carbocycles. The number of rotatable bonds is 8. The predicted molar refractivity (Wildman–Crippen MR) is 78.1 cm³/mol. The van der Waals surface area contributed by atoms with Gasteiger partial charge in [-0.3, -0.25) is 0 Å². The first-order valence-electron chi connectivity index (χ1n) is 7.15. The van der Waals surface area contributed by atoms with Crippen molar-refractivity contribution in [2.24, 2.45) is 5.92 Å². The highest BCUT2D eigenvalue weighted by atomic mass is 16.5. The first kappa shape index (κ1) is 15.0. The predicted octanol–water partition coefficient (Wildman–Crippen LogP) is 4.17. The molecule has 102 valence electrons. The molecule has 0 saturated carbocycles. The molecule has 0 bridgehead atoms. The third-order valence-corrected chi connectivity index (χ3v) is 3.68. The highest BCUT2D eigenvalue weighted by Crippen LogP contribution is 2.27. The number of para-hydroxylation sites is 1. The van der Waals surface area contributed by atoms with Gasteiger partial charge in [0.2, 0.25) is 0 Å². The molecule has 1 aromatic rings. The van der Waals surface area contributed by atoms with Gasteiger partial charge in [0.25, 0.3) is 0 Å². The zero-order valence-electron chi connectivity index (χ0n) is 12.2. The minimum absolute atomic E-state index is 0.378. The highest BCUT2D eigenvalue weighted by molar-refractivity contribution is 5.35. The smallest absolute Gasteiger partial charge is 0.124 e. The van der Waals surface area contributed by atoms with Gasteiger partial charge in [0, 0.05) is 11.6 Å². The first-order valence-corrected chi connectivity index (χ1v) is 7.15. The minimum atomic E-state index is 0.378. The Balaban J connectivity index is 2.75. The van der Waals surface area contributed by atoms with Crippen LogP contribution in [0.1, 0.15) is 51.6 Å². The summed E-state index contributed by atoms with van der Waals surface area (Å²) < 4.78 is 6.03. The lowest BCUT2D eigenvalue weighted by atomic mass is 10.0. The molecule has 1 atom stereocenters. The zero-order valence-corrected chi connectivity index (χ0v) is 12.2. The number of hydrogen-bond acceptors (Lipinski definition) is 2. The molecule has 0 aromatic heterocycles. The summed E-state index contributed by atoms with van der Waals surface area (Å²) in [4.78, 5) is 0. The zero-order chi connectivity index (χ0) is 13.4. The number of ether oxygens (including phenoxy) is 1. The lowest BCUT2D eigenvalue weighted by molar-refractivity contribution is 0.237. The van der Waals surface area contributed by atoms with Gasteiger partial charge in [-0.1, -0.05) is 51.8 Å². The summed E-state index contributed by atoms with van der Waals surface area (Å²) in [6.07, 6.45) is 3.44. The monoisotopic (exact) mass is 249 g/mol. The van der Waals surface area contributed by atoms with Crippen LogP contribution in [0.15, 0.2) is 24.3 Å². The van der Waals surface area contributed by atoms with Crippen LogP contribution in [0.3, 0.4) is 0 Å². The molecule has 1 aromatic carbocycles. The van der Waals surface area contributed by atoms with Gasteiger partial charge in [-0.25, -0.2) is 0 Å². The van der Waals surface area contributed by atoms with Crippen molar-refractivity contribution in [2.75, 3.05) is 13.7 Å². The second kappa shape index (κ2) is 8.15. The molecule has 18 heavy (non-hydrogen) atoms. The van der Waals surface area contributed by atoms with Crippen LogP contribution in [0.25, 0.3) is 0 Å². The number of nitrogens with one attached hydrogen (secondary N) is 1. The van der Waals surface area contributed by atoms with Crippen molar-refractivity contribution < 1.29 is 4.74 Å². The van der Waals surface area contributed by atoms with Gasteiger partial charge >= 0.3 is 0 Å². The molecular formula is C16H27NO. The molecular weight excluding hydrogens is 222 g/mol. The van der Waals surface area contributed by atoms with E-state index in [0.29, 0.717) is 12.0 Å². The fraction of sp³-hybridized carbons (Fsp3) is 0.625. The van der Waals surface area contributed by atoms with Gasteiger partial charge in [0.15, 0.2) is 0 Å². The molecule has 0 aliphatic rings. The summed E-state index contributed by atoms with van der Waals surface area (Å²) >= 11 is 0. The molecule has 0 spiro atoms. The maximum atomic E-state index is 6.03. The Morgan fingerprint density at radius 1 is 1.06 bits per heavy atom. The van der Waals surface area contributed by atoms with Crippen LogP contribution < -0.4 is 10.1 Å². The van der Waals surface area contributed by atoms with Crippen LogP contribution in [0.5, 0.6) is 5.75 Å². The van der Waals surface area contributed by atoms with E-state index >= 15 is 0 Å². The van der Waals surface area contributed by atoms with E-state index in [4.69, 9.17) is 4.74 Å². The second-order valence-electron chi connectivity index (χ2n) is 4.78. The fourth-order valence-electron chi connectivity index (χ4n) is 2.21. The van der Waals surface area contributed by atoms with E-state index < -0.39 is 0 Å². The van der Waals surface area contributed by atoms with Gasteiger partial charge in [0.05, 0.1) is 6.61 Å². The van der Waals surface area contributed by atoms with Crippen LogP contribution in [0.4, 0.5) is 0 Å². The summed E-state index contributed by atoms with van der Waals surface area (Å²) in [5.74, 6) is 1.69. The van der Waals surface area contributed by atoms with Crippen LogP contribution in [0.2, 0.25) is 0 Å². The normalized spacial score (nSPS) is 12.7. The molecule has 0 heterocycles. The Kier molecular flexibility index (Phi) is 6.81. The molecule has 0 fully saturated rings. The second-order valence-corrected chi connectivity index (χ2v) is 4.78. The van der Waals surface area contributed by atoms with Crippen LogP contribution in [-0.4, -0.2) is 13.7 Å².